The van der Waals surface area contributed by atoms with E-state index in [0.717, 1.165) is 0 Å². The van der Waals surface area contributed by atoms with Gasteiger partial charge in [-0.3, -0.25) is 0 Å². The molecule has 9 heteroatoms. The van der Waals surface area contributed by atoms with Crippen molar-refractivity contribution in [1.29, 1.82) is 0 Å². The Morgan fingerprint density at radius 2 is 2.16 bits per heavy atom. The average Bonchev–Trinajstić information content (AvgIpc) is 2.72. The largest absolute Gasteiger partial charge is 0.397 e. The fourth-order valence-corrected chi connectivity index (χ4v) is 1.99. The van der Waals surface area contributed by atoms with Crippen molar-refractivity contribution in [2.45, 2.75) is 18.4 Å². The van der Waals surface area contributed by atoms with E-state index in [0.29, 0.717) is 23.1 Å². The Labute approximate surface area is 109 Å². The van der Waals surface area contributed by atoms with Crippen LogP contribution >= 0.6 is 0 Å². The van der Waals surface area contributed by atoms with Gasteiger partial charge >= 0.3 is 0 Å². The standard InChI is InChI=1S/C10H13N5O3S/c1-6-14-10(15-18-6)5-13-9-4-7(19(12,16)17)2-3-8(9)11/h2-4,13H,5,11H2,1H3,(H2,12,16,17). The van der Waals surface area contributed by atoms with Crippen LogP contribution in [0.3, 0.4) is 0 Å². The number of sulfonamides is 1. The fourth-order valence-electron chi connectivity index (χ4n) is 1.45. The average molecular weight is 283 g/mol. The van der Waals surface area contributed by atoms with Crippen molar-refractivity contribution in [2.24, 2.45) is 5.14 Å². The van der Waals surface area contributed by atoms with Gasteiger partial charge in [-0.05, 0) is 18.2 Å². The molecule has 0 bridgehead atoms. The summed E-state index contributed by atoms with van der Waals surface area (Å²) in [5.41, 5.74) is 6.57. The lowest BCUT2D eigenvalue weighted by Gasteiger charge is -2.08. The van der Waals surface area contributed by atoms with E-state index in [4.69, 9.17) is 15.4 Å². The molecule has 0 fully saturated rings. The highest BCUT2D eigenvalue weighted by Crippen LogP contribution is 2.22. The summed E-state index contributed by atoms with van der Waals surface area (Å²) in [6.45, 7) is 1.93. The van der Waals surface area contributed by atoms with Crippen molar-refractivity contribution in [3.05, 3.63) is 29.9 Å². The first-order valence-corrected chi connectivity index (χ1v) is 6.86. The third kappa shape index (κ3) is 3.20. The lowest BCUT2D eigenvalue weighted by atomic mass is 10.2. The molecule has 0 saturated carbocycles. The van der Waals surface area contributed by atoms with Gasteiger partial charge in [-0.1, -0.05) is 5.16 Å². The topological polar surface area (TPSA) is 137 Å². The predicted molar refractivity (Wildman–Crippen MR) is 68.6 cm³/mol. The van der Waals surface area contributed by atoms with Crippen LogP contribution in [0.2, 0.25) is 0 Å². The molecule has 1 heterocycles. The second-order valence-corrected chi connectivity index (χ2v) is 5.44. The molecule has 8 nitrogen and oxygen atoms in total. The number of aryl methyl sites for hydroxylation is 1. The molecule has 1 aromatic heterocycles. The highest BCUT2D eigenvalue weighted by molar-refractivity contribution is 7.89. The lowest BCUT2D eigenvalue weighted by Crippen LogP contribution is -2.13. The van der Waals surface area contributed by atoms with E-state index in [9.17, 15) is 8.42 Å². The van der Waals surface area contributed by atoms with Crippen molar-refractivity contribution in [3.63, 3.8) is 0 Å². The highest BCUT2D eigenvalue weighted by atomic mass is 32.2. The van der Waals surface area contributed by atoms with Gasteiger partial charge in [0.25, 0.3) is 0 Å². The van der Waals surface area contributed by atoms with E-state index in [1.165, 1.54) is 18.2 Å². The summed E-state index contributed by atoms with van der Waals surface area (Å²) < 4.78 is 27.3. The first-order chi connectivity index (χ1) is 8.86. The molecule has 1 aromatic carbocycles. The molecule has 0 atom stereocenters. The number of rotatable bonds is 4. The molecule has 2 aromatic rings. The predicted octanol–water partition coefficient (Wildman–Crippen LogP) is 0.220. The van der Waals surface area contributed by atoms with E-state index < -0.39 is 10.0 Å². The van der Waals surface area contributed by atoms with E-state index >= 15 is 0 Å². The molecule has 0 aliphatic heterocycles. The Bertz CT molecular complexity index is 695. The second kappa shape index (κ2) is 4.86. The monoisotopic (exact) mass is 283 g/mol. The van der Waals surface area contributed by atoms with Gasteiger partial charge in [0.1, 0.15) is 0 Å². The van der Waals surface area contributed by atoms with Crippen LogP contribution in [-0.2, 0) is 16.6 Å². The SMILES string of the molecule is Cc1nc(CNc2cc(S(N)(=O)=O)ccc2N)no1. The molecule has 102 valence electrons. The zero-order valence-corrected chi connectivity index (χ0v) is 10.9. The number of hydrogen-bond acceptors (Lipinski definition) is 7. The quantitative estimate of drug-likeness (QED) is 0.682. The third-order valence-electron chi connectivity index (χ3n) is 2.36. The maximum Gasteiger partial charge on any atom is 0.238 e. The van der Waals surface area contributed by atoms with Crippen LogP contribution in [0.1, 0.15) is 11.7 Å². The molecule has 0 saturated heterocycles. The van der Waals surface area contributed by atoms with Crippen molar-refractivity contribution in [3.8, 4) is 0 Å². The van der Waals surface area contributed by atoms with Gasteiger partial charge in [0.15, 0.2) is 5.82 Å². The highest BCUT2D eigenvalue weighted by Gasteiger charge is 2.11. The maximum absolute atomic E-state index is 11.2. The Morgan fingerprint density at radius 1 is 1.42 bits per heavy atom. The van der Waals surface area contributed by atoms with Crippen LogP contribution < -0.4 is 16.2 Å². The molecule has 0 aliphatic rings. The number of primary sulfonamides is 1. The molecule has 0 radical (unpaired) electrons. The van der Waals surface area contributed by atoms with Gasteiger partial charge in [-0.15, -0.1) is 0 Å². The summed E-state index contributed by atoms with van der Waals surface area (Å²) in [5, 5.41) is 11.7. The van der Waals surface area contributed by atoms with E-state index in [2.05, 4.69) is 15.5 Å². The molecule has 0 aliphatic carbocycles. The fraction of sp³-hybridized carbons (Fsp3) is 0.200. The number of benzene rings is 1. The van der Waals surface area contributed by atoms with Gasteiger partial charge < -0.3 is 15.6 Å². The number of nitrogens with zero attached hydrogens (tertiary/aromatic N) is 2. The number of anilines is 2. The van der Waals surface area contributed by atoms with Crippen LogP contribution in [0.25, 0.3) is 0 Å². The minimum Gasteiger partial charge on any atom is -0.397 e. The van der Waals surface area contributed by atoms with E-state index in [1.54, 1.807) is 6.92 Å². The number of hydrogen-bond donors (Lipinski definition) is 3. The minimum absolute atomic E-state index is 0.0199. The van der Waals surface area contributed by atoms with Crippen molar-refractivity contribution < 1.29 is 12.9 Å². The third-order valence-corrected chi connectivity index (χ3v) is 3.27. The summed E-state index contributed by atoms with van der Waals surface area (Å²) in [6.07, 6.45) is 0. The Balaban J connectivity index is 2.20. The molecule has 5 N–H and O–H groups in total. The van der Waals surface area contributed by atoms with E-state index in [-0.39, 0.29) is 11.4 Å². The molecule has 0 spiro atoms. The summed E-state index contributed by atoms with van der Waals surface area (Å²) in [7, 11) is -3.77. The molecular formula is C10H13N5O3S. The summed E-state index contributed by atoms with van der Waals surface area (Å²) in [6, 6.07) is 4.16. The van der Waals surface area contributed by atoms with Crippen LogP contribution in [0.15, 0.2) is 27.6 Å². The number of aromatic nitrogens is 2. The van der Waals surface area contributed by atoms with Crippen molar-refractivity contribution >= 4 is 21.4 Å². The van der Waals surface area contributed by atoms with Crippen LogP contribution in [0, 0.1) is 6.92 Å². The van der Waals surface area contributed by atoms with Gasteiger partial charge in [-0.2, -0.15) is 4.98 Å². The van der Waals surface area contributed by atoms with Gasteiger partial charge in [0, 0.05) is 6.92 Å². The molecular weight excluding hydrogens is 270 g/mol. The zero-order valence-electron chi connectivity index (χ0n) is 10.1. The molecule has 2 rings (SSSR count). The maximum atomic E-state index is 11.2. The van der Waals surface area contributed by atoms with E-state index in [1.807, 2.05) is 0 Å². The molecule has 0 amide bonds. The smallest absolute Gasteiger partial charge is 0.238 e. The summed E-state index contributed by atoms with van der Waals surface area (Å²) >= 11 is 0. The first kappa shape index (κ1) is 13.3. The Morgan fingerprint density at radius 3 is 2.74 bits per heavy atom. The van der Waals surface area contributed by atoms with Crippen molar-refractivity contribution in [2.75, 3.05) is 11.1 Å². The van der Waals surface area contributed by atoms with Crippen LogP contribution in [0.5, 0.6) is 0 Å². The van der Waals surface area contributed by atoms with Crippen LogP contribution in [0.4, 0.5) is 11.4 Å². The summed E-state index contributed by atoms with van der Waals surface area (Å²) in [4.78, 5) is 3.98. The number of nitrogens with two attached hydrogens (primary N) is 2. The first-order valence-electron chi connectivity index (χ1n) is 5.31. The zero-order chi connectivity index (χ0) is 14.0. The second-order valence-electron chi connectivity index (χ2n) is 3.88. The van der Waals surface area contributed by atoms with Crippen LogP contribution in [-0.4, -0.2) is 18.6 Å². The van der Waals surface area contributed by atoms with Gasteiger partial charge in [0.05, 0.1) is 22.8 Å². The Kier molecular flexibility index (Phi) is 3.40. The van der Waals surface area contributed by atoms with Crippen molar-refractivity contribution in [1.82, 2.24) is 10.1 Å². The molecule has 19 heavy (non-hydrogen) atoms. The number of nitrogens with one attached hydrogen (secondary N) is 1. The Hall–Kier alpha value is -2.13. The lowest BCUT2D eigenvalue weighted by molar-refractivity contribution is 0.388. The van der Waals surface area contributed by atoms with Gasteiger partial charge in [0.2, 0.25) is 15.9 Å². The summed E-state index contributed by atoms with van der Waals surface area (Å²) in [5.74, 6) is 0.890. The molecule has 0 unspecified atom stereocenters. The minimum atomic E-state index is -3.77. The number of nitrogen functional groups attached to an aromatic ring is 1. The normalized spacial score (nSPS) is 11.5. The van der Waals surface area contributed by atoms with Gasteiger partial charge in [-0.25, -0.2) is 13.6 Å².